The second-order valence-electron chi connectivity index (χ2n) is 6.19. The summed E-state index contributed by atoms with van der Waals surface area (Å²) in [5.74, 6) is -0.575. The summed E-state index contributed by atoms with van der Waals surface area (Å²) in [6, 6.07) is 11.5. The highest BCUT2D eigenvalue weighted by molar-refractivity contribution is 9.10. The quantitative estimate of drug-likeness (QED) is 0.695. The Hall–Kier alpha value is -1.93. The van der Waals surface area contributed by atoms with Crippen LogP contribution in [0.1, 0.15) is 0 Å². The van der Waals surface area contributed by atoms with Crippen molar-refractivity contribution in [3.8, 4) is 0 Å². The zero-order valence-electron chi connectivity index (χ0n) is 13.0. The molecule has 0 bridgehead atoms. The van der Waals surface area contributed by atoms with Crippen LogP contribution in [0.5, 0.6) is 0 Å². The highest BCUT2D eigenvalue weighted by Crippen LogP contribution is 2.38. The minimum Gasteiger partial charge on any atom is -0.288 e. The van der Waals surface area contributed by atoms with Crippen molar-refractivity contribution in [1.82, 2.24) is 0 Å². The van der Waals surface area contributed by atoms with Gasteiger partial charge < -0.3 is 0 Å². The van der Waals surface area contributed by atoms with Crippen LogP contribution in [-0.2, 0) is 9.84 Å². The van der Waals surface area contributed by atoms with E-state index in [9.17, 15) is 17.6 Å². The molecule has 2 aromatic carbocycles. The van der Waals surface area contributed by atoms with Crippen molar-refractivity contribution in [3.63, 3.8) is 0 Å². The zero-order chi connectivity index (χ0) is 17.8. The average Bonchev–Trinajstić information content (AvgIpc) is 2.97. The van der Waals surface area contributed by atoms with Crippen LogP contribution in [0, 0.1) is 5.82 Å². The number of carbonyl (C=O) groups excluding carboxylic acids is 1. The Kier molecular flexibility index (Phi) is 3.84. The molecule has 2 atom stereocenters. The van der Waals surface area contributed by atoms with Crippen molar-refractivity contribution in [2.45, 2.75) is 12.1 Å². The third kappa shape index (κ3) is 2.83. The van der Waals surface area contributed by atoms with Crippen LogP contribution in [0.4, 0.5) is 20.6 Å². The van der Waals surface area contributed by atoms with Gasteiger partial charge in [0.25, 0.3) is 0 Å². The zero-order valence-corrected chi connectivity index (χ0v) is 15.4. The molecule has 2 aliphatic rings. The maximum Gasteiger partial charge on any atom is 0.329 e. The molecular weight excluding hydrogens is 411 g/mol. The molecule has 0 aromatic heterocycles. The van der Waals surface area contributed by atoms with E-state index in [4.69, 9.17) is 0 Å². The minimum absolute atomic E-state index is 0.0758. The molecule has 4 rings (SSSR count). The Labute approximate surface area is 153 Å². The number of carbonyl (C=O) groups is 1. The van der Waals surface area contributed by atoms with Crippen LogP contribution < -0.4 is 9.80 Å². The fourth-order valence-corrected chi connectivity index (χ4v) is 5.84. The van der Waals surface area contributed by atoms with E-state index in [1.165, 1.54) is 34.1 Å². The lowest BCUT2D eigenvalue weighted by Gasteiger charge is -2.22. The number of hydrogen-bond donors (Lipinski definition) is 0. The van der Waals surface area contributed by atoms with Gasteiger partial charge >= 0.3 is 6.03 Å². The number of urea groups is 1. The van der Waals surface area contributed by atoms with E-state index < -0.39 is 27.7 Å². The lowest BCUT2D eigenvalue weighted by Crippen LogP contribution is -2.37. The molecule has 25 heavy (non-hydrogen) atoms. The lowest BCUT2D eigenvalue weighted by atomic mass is 10.1. The van der Waals surface area contributed by atoms with Gasteiger partial charge in [0.15, 0.2) is 9.84 Å². The third-order valence-corrected chi connectivity index (χ3v) is 6.75. The van der Waals surface area contributed by atoms with Crippen LogP contribution in [0.3, 0.4) is 0 Å². The number of benzene rings is 2. The largest absolute Gasteiger partial charge is 0.329 e. The number of fused-ring (bicyclic) bond motifs is 1. The van der Waals surface area contributed by atoms with Gasteiger partial charge in [-0.15, -0.1) is 0 Å². The highest BCUT2D eigenvalue weighted by Gasteiger charge is 2.54. The molecule has 2 fully saturated rings. The van der Waals surface area contributed by atoms with Crippen molar-refractivity contribution < 1.29 is 17.6 Å². The predicted octanol–water partition coefficient (Wildman–Crippen LogP) is 3.20. The molecule has 0 saturated carbocycles. The summed E-state index contributed by atoms with van der Waals surface area (Å²) in [7, 11) is -3.25. The monoisotopic (exact) mass is 424 g/mol. The summed E-state index contributed by atoms with van der Waals surface area (Å²) in [5, 5.41) is 0. The van der Waals surface area contributed by atoms with Gasteiger partial charge in [0, 0.05) is 15.8 Å². The Morgan fingerprint density at radius 1 is 0.960 bits per heavy atom. The van der Waals surface area contributed by atoms with Gasteiger partial charge in [-0.3, -0.25) is 9.80 Å². The number of hydrogen-bond acceptors (Lipinski definition) is 3. The van der Waals surface area contributed by atoms with E-state index in [-0.39, 0.29) is 17.5 Å². The van der Waals surface area contributed by atoms with Crippen LogP contribution in [0.2, 0.25) is 0 Å². The number of halogens is 2. The Bertz CT molecular complexity index is 949. The van der Waals surface area contributed by atoms with Crippen molar-refractivity contribution in [2.75, 3.05) is 21.3 Å². The molecule has 0 spiro atoms. The summed E-state index contributed by atoms with van der Waals surface area (Å²) in [4.78, 5) is 16.1. The van der Waals surface area contributed by atoms with E-state index >= 15 is 0 Å². The van der Waals surface area contributed by atoms with Crippen molar-refractivity contribution >= 4 is 43.2 Å². The SMILES string of the molecule is O=C1N(c2ccc(F)cc2)C2CS(=O)(=O)CC2N1c1cccc(Br)c1. The highest BCUT2D eigenvalue weighted by atomic mass is 79.9. The smallest absolute Gasteiger partial charge is 0.288 e. The summed E-state index contributed by atoms with van der Waals surface area (Å²) in [6.45, 7) is 0. The number of amides is 2. The molecule has 0 N–H and O–H groups in total. The van der Waals surface area contributed by atoms with E-state index in [2.05, 4.69) is 15.9 Å². The molecule has 2 aliphatic heterocycles. The van der Waals surface area contributed by atoms with Gasteiger partial charge in [-0.2, -0.15) is 0 Å². The maximum atomic E-state index is 13.2. The number of nitrogens with zero attached hydrogens (tertiary/aromatic N) is 2. The minimum atomic E-state index is -3.25. The van der Waals surface area contributed by atoms with Gasteiger partial charge in [0.2, 0.25) is 0 Å². The first kappa shape index (κ1) is 16.5. The second-order valence-corrected chi connectivity index (χ2v) is 9.26. The fraction of sp³-hybridized carbons (Fsp3) is 0.235. The number of rotatable bonds is 2. The molecule has 8 heteroatoms. The van der Waals surface area contributed by atoms with E-state index in [0.29, 0.717) is 11.4 Å². The molecule has 0 aliphatic carbocycles. The standard InChI is InChI=1S/C17H14BrFN2O3S/c18-11-2-1-3-14(8-11)21-16-10-25(23,24)9-15(16)20(17(21)22)13-6-4-12(19)5-7-13/h1-8,15-16H,9-10H2. The molecule has 2 aromatic rings. The molecule has 2 saturated heterocycles. The fourth-order valence-electron chi connectivity index (χ4n) is 3.54. The summed E-state index contributed by atoms with van der Waals surface area (Å²) in [5.41, 5.74) is 1.13. The molecule has 0 radical (unpaired) electrons. The van der Waals surface area contributed by atoms with Crippen LogP contribution in [0.15, 0.2) is 53.0 Å². The Balaban J connectivity index is 1.81. The first-order valence-corrected chi connectivity index (χ1v) is 10.3. The topological polar surface area (TPSA) is 57.7 Å². The molecule has 2 amide bonds. The molecule has 5 nitrogen and oxygen atoms in total. The number of anilines is 2. The average molecular weight is 425 g/mol. The predicted molar refractivity (Wildman–Crippen MR) is 97.1 cm³/mol. The normalized spacial score (nSPS) is 24.6. The Morgan fingerprint density at radius 2 is 1.56 bits per heavy atom. The molecule has 2 unspecified atom stereocenters. The third-order valence-electron chi connectivity index (χ3n) is 4.56. The van der Waals surface area contributed by atoms with Gasteiger partial charge in [-0.25, -0.2) is 17.6 Å². The van der Waals surface area contributed by atoms with E-state index in [0.717, 1.165) is 4.47 Å². The van der Waals surface area contributed by atoms with Crippen molar-refractivity contribution in [2.24, 2.45) is 0 Å². The molecular formula is C17H14BrFN2O3S. The summed E-state index contributed by atoms with van der Waals surface area (Å²) >= 11 is 3.38. The summed E-state index contributed by atoms with van der Waals surface area (Å²) in [6.07, 6.45) is 0. The van der Waals surface area contributed by atoms with Crippen molar-refractivity contribution in [3.05, 3.63) is 58.8 Å². The Morgan fingerprint density at radius 3 is 2.16 bits per heavy atom. The van der Waals surface area contributed by atoms with Crippen LogP contribution in [0.25, 0.3) is 0 Å². The van der Waals surface area contributed by atoms with Crippen LogP contribution >= 0.6 is 15.9 Å². The maximum absolute atomic E-state index is 13.2. The first-order valence-electron chi connectivity index (χ1n) is 7.70. The number of sulfone groups is 1. The van der Waals surface area contributed by atoms with Gasteiger partial charge in [-0.1, -0.05) is 22.0 Å². The lowest BCUT2D eigenvalue weighted by molar-refractivity contribution is 0.255. The second kappa shape index (κ2) is 5.81. The molecule has 2 heterocycles. The van der Waals surface area contributed by atoms with Crippen LogP contribution in [-0.4, -0.2) is 38.0 Å². The molecule has 130 valence electrons. The van der Waals surface area contributed by atoms with Gasteiger partial charge in [0.1, 0.15) is 5.82 Å². The van der Waals surface area contributed by atoms with Gasteiger partial charge in [0.05, 0.1) is 23.6 Å². The first-order chi connectivity index (χ1) is 11.9. The van der Waals surface area contributed by atoms with Crippen molar-refractivity contribution in [1.29, 1.82) is 0 Å². The van der Waals surface area contributed by atoms with E-state index in [1.54, 1.807) is 18.2 Å². The summed E-state index contributed by atoms with van der Waals surface area (Å²) < 4.78 is 38.4. The van der Waals surface area contributed by atoms with Gasteiger partial charge in [-0.05, 0) is 42.5 Å². The van der Waals surface area contributed by atoms with E-state index in [1.807, 2.05) is 6.07 Å².